The van der Waals surface area contributed by atoms with Crippen LogP contribution < -0.4 is 0 Å². The quantitative estimate of drug-likeness (QED) is 0.0222. The van der Waals surface area contributed by atoms with Gasteiger partial charge < -0.3 is 33.8 Å². The summed E-state index contributed by atoms with van der Waals surface area (Å²) in [4.78, 5) is 72.8. The second-order valence-corrected chi connectivity index (χ2v) is 31.3. The standard InChI is InChI=1S/C76H148O17P2/c1-8-11-12-13-14-26-36-43-50-57-73(78)86-63-71(93-76(81)60-53-46-39-32-25-24-29-35-42-49-56-69(7)10-3)65-90-94(82,83)88-61-70(77)62-89-95(84,85)91-66-72(64-87-74(79)58-51-44-37-30-23-19-20-27-33-40-47-54-67(4)5)92-75(80)59-52-45-38-31-22-18-16-15-17-21-28-34-41-48-55-68(6)9-2/h67-72,77H,8-66H2,1-7H3,(H,82,83)(H,84,85)/t68?,69?,70-,71+,72+/m0/s1. The van der Waals surface area contributed by atoms with Crippen LogP contribution in [0.5, 0.6) is 0 Å². The fraction of sp³-hybridized carbons (Fsp3) is 0.947. The van der Waals surface area contributed by atoms with Crippen molar-refractivity contribution in [2.45, 2.75) is 407 Å². The second-order valence-electron chi connectivity index (χ2n) is 28.4. The Hall–Kier alpha value is -1.94. The summed E-state index contributed by atoms with van der Waals surface area (Å²) >= 11 is 0. The van der Waals surface area contributed by atoms with Crippen LogP contribution in [0.3, 0.4) is 0 Å². The van der Waals surface area contributed by atoms with Crippen LogP contribution in [0.15, 0.2) is 0 Å². The molecule has 0 radical (unpaired) electrons. The Bertz CT molecular complexity index is 1860. The molecule has 0 fully saturated rings. The first-order valence-corrected chi connectivity index (χ1v) is 42.4. The zero-order valence-electron chi connectivity index (χ0n) is 62.1. The molecule has 0 aromatic rings. The van der Waals surface area contributed by atoms with E-state index >= 15 is 0 Å². The fourth-order valence-corrected chi connectivity index (χ4v) is 13.1. The summed E-state index contributed by atoms with van der Waals surface area (Å²) in [6.45, 7) is 12.0. The van der Waals surface area contributed by atoms with Crippen molar-refractivity contribution < 1.29 is 80.2 Å². The van der Waals surface area contributed by atoms with Crippen LogP contribution in [0.25, 0.3) is 0 Å². The molecule has 7 atom stereocenters. The summed E-state index contributed by atoms with van der Waals surface area (Å²) in [6.07, 6.45) is 52.5. The summed E-state index contributed by atoms with van der Waals surface area (Å²) < 4.78 is 68.5. The third kappa shape index (κ3) is 67.6. The summed E-state index contributed by atoms with van der Waals surface area (Å²) in [6, 6.07) is 0. The highest BCUT2D eigenvalue weighted by molar-refractivity contribution is 7.47. The average molecular weight is 1400 g/mol. The Morgan fingerprint density at radius 1 is 0.305 bits per heavy atom. The Kier molecular flexibility index (Phi) is 65.2. The molecular weight excluding hydrogens is 1250 g/mol. The van der Waals surface area contributed by atoms with Crippen molar-refractivity contribution in [2.75, 3.05) is 39.6 Å². The molecule has 0 saturated heterocycles. The van der Waals surface area contributed by atoms with Crippen molar-refractivity contribution >= 4 is 39.5 Å². The molecule has 3 N–H and O–H groups in total. The molecule has 0 aliphatic rings. The van der Waals surface area contributed by atoms with Gasteiger partial charge in [-0.1, -0.05) is 337 Å². The van der Waals surface area contributed by atoms with Crippen molar-refractivity contribution in [3.05, 3.63) is 0 Å². The van der Waals surface area contributed by atoms with E-state index in [2.05, 4.69) is 48.5 Å². The van der Waals surface area contributed by atoms with E-state index in [0.717, 1.165) is 108 Å². The number of unbranched alkanes of at least 4 members (excludes halogenated alkanes) is 40. The van der Waals surface area contributed by atoms with E-state index in [1.165, 1.54) is 199 Å². The first-order chi connectivity index (χ1) is 45.8. The molecule has 0 aromatic carbocycles. The Morgan fingerprint density at radius 3 is 0.800 bits per heavy atom. The van der Waals surface area contributed by atoms with E-state index < -0.39 is 97.5 Å². The number of phosphoric acid groups is 2. The fourth-order valence-electron chi connectivity index (χ4n) is 11.5. The van der Waals surface area contributed by atoms with Gasteiger partial charge in [-0.05, 0) is 43.4 Å². The van der Waals surface area contributed by atoms with E-state index in [1.807, 2.05) is 0 Å². The number of ether oxygens (including phenoxy) is 4. The number of carbonyl (C=O) groups is 4. The van der Waals surface area contributed by atoms with Crippen molar-refractivity contribution in [3.63, 3.8) is 0 Å². The predicted molar refractivity (Wildman–Crippen MR) is 386 cm³/mol. The van der Waals surface area contributed by atoms with E-state index in [9.17, 15) is 43.2 Å². The van der Waals surface area contributed by atoms with Gasteiger partial charge in [-0.25, -0.2) is 9.13 Å². The summed E-state index contributed by atoms with van der Waals surface area (Å²) in [5, 5.41) is 10.6. The normalized spacial score (nSPS) is 14.6. The first-order valence-electron chi connectivity index (χ1n) is 39.4. The summed E-state index contributed by atoms with van der Waals surface area (Å²) in [5.41, 5.74) is 0. The van der Waals surface area contributed by atoms with Gasteiger partial charge in [0.2, 0.25) is 0 Å². The van der Waals surface area contributed by atoms with Crippen LogP contribution in [-0.2, 0) is 65.4 Å². The lowest BCUT2D eigenvalue weighted by Crippen LogP contribution is -2.30. The number of aliphatic hydroxyl groups is 1. The lowest BCUT2D eigenvalue weighted by Gasteiger charge is -2.21. The minimum Gasteiger partial charge on any atom is -0.462 e. The molecule has 564 valence electrons. The van der Waals surface area contributed by atoms with Gasteiger partial charge in [-0.15, -0.1) is 0 Å². The SMILES string of the molecule is CCCCCCCCCCCC(=O)OC[C@H](COP(=O)(O)OC[C@H](O)COP(=O)(O)OC[C@@H](COC(=O)CCCCCCCCCCCCCC(C)C)OC(=O)CCCCCCCCCCCCCCCCC(C)CC)OC(=O)CCCCCCCCCCCCC(C)CC. The molecule has 0 aliphatic heterocycles. The number of aliphatic hydroxyl groups excluding tert-OH is 1. The highest BCUT2D eigenvalue weighted by Gasteiger charge is 2.30. The minimum atomic E-state index is -4.96. The summed E-state index contributed by atoms with van der Waals surface area (Å²) in [7, 11) is -9.91. The monoisotopic (exact) mass is 1400 g/mol. The molecule has 0 rings (SSSR count). The van der Waals surface area contributed by atoms with Gasteiger partial charge in [-0.3, -0.25) is 37.3 Å². The lowest BCUT2D eigenvalue weighted by molar-refractivity contribution is -0.161. The summed E-state index contributed by atoms with van der Waals surface area (Å²) in [5.74, 6) is 0.302. The van der Waals surface area contributed by atoms with Crippen LogP contribution in [0.2, 0.25) is 0 Å². The van der Waals surface area contributed by atoms with Crippen LogP contribution in [0, 0.1) is 17.8 Å². The van der Waals surface area contributed by atoms with E-state index in [4.69, 9.17) is 37.0 Å². The second kappa shape index (κ2) is 66.6. The van der Waals surface area contributed by atoms with Crippen molar-refractivity contribution in [1.29, 1.82) is 0 Å². The number of rotatable bonds is 74. The van der Waals surface area contributed by atoms with Crippen molar-refractivity contribution in [3.8, 4) is 0 Å². The van der Waals surface area contributed by atoms with Gasteiger partial charge in [0.25, 0.3) is 0 Å². The molecule has 19 heteroatoms. The first kappa shape index (κ1) is 93.1. The van der Waals surface area contributed by atoms with Gasteiger partial charge >= 0.3 is 39.5 Å². The predicted octanol–water partition coefficient (Wildman–Crippen LogP) is 22.2. The van der Waals surface area contributed by atoms with Gasteiger partial charge in [0.05, 0.1) is 26.4 Å². The van der Waals surface area contributed by atoms with Crippen LogP contribution in [0.4, 0.5) is 0 Å². The van der Waals surface area contributed by atoms with Gasteiger partial charge in [0.1, 0.15) is 19.3 Å². The molecule has 0 aromatic heterocycles. The highest BCUT2D eigenvalue weighted by atomic mass is 31.2. The number of phosphoric ester groups is 2. The molecule has 95 heavy (non-hydrogen) atoms. The maximum atomic E-state index is 13.1. The maximum Gasteiger partial charge on any atom is 0.472 e. The Morgan fingerprint density at radius 2 is 0.537 bits per heavy atom. The van der Waals surface area contributed by atoms with Gasteiger partial charge in [-0.2, -0.15) is 0 Å². The van der Waals surface area contributed by atoms with Crippen molar-refractivity contribution in [2.24, 2.45) is 17.8 Å². The largest absolute Gasteiger partial charge is 0.472 e. The number of carbonyl (C=O) groups excluding carboxylic acids is 4. The Balaban J connectivity index is 5.24. The molecule has 0 heterocycles. The zero-order chi connectivity index (χ0) is 70.1. The van der Waals surface area contributed by atoms with Crippen LogP contribution >= 0.6 is 15.6 Å². The molecule has 0 spiro atoms. The maximum absolute atomic E-state index is 13.1. The molecule has 0 saturated carbocycles. The van der Waals surface area contributed by atoms with Gasteiger partial charge in [0.15, 0.2) is 12.2 Å². The lowest BCUT2D eigenvalue weighted by atomic mass is 9.99. The average Bonchev–Trinajstić information content (AvgIpc) is 2.39. The van der Waals surface area contributed by atoms with Crippen LogP contribution in [-0.4, -0.2) is 96.7 Å². The zero-order valence-corrected chi connectivity index (χ0v) is 63.9. The number of esters is 4. The smallest absolute Gasteiger partial charge is 0.462 e. The minimum absolute atomic E-state index is 0.106. The number of hydrogen-bond donors (Lipinski definition) is 3. The third-order valence-electron chi connectivity index (χ3n) is 18.4. The molecule has 0 aliphatic carbocycles. The van der Waals surface area contributed by atoms with Crippen molar-refractivity contribution in [1.82, 2.24) is 0 Å². The third-order valence-corrected chi connectivity index (χ3v) is 20.3. The molecule has 4 unspecified atom stereocenters. The van der Waals surface area contributed by atoms with E-state index in [0.29, 0.717) is 25.7 Å². The van der Waals surface area contributed by atoms with E-state index in [1.54, 1.807) is 0 Å². The highest BCUT2D eigenvalue weighted by Crippen LogP contribution is 2.45. The molecular formula is C76H148O17P2. The van der Waals surface area contributed by atoms with Gasteiger partial charge in [0, 0.05) is 25.7 Å². The number of hydrogen-bond acceptors (Lipinski definition) is 15. The topological polar surface area (TPSA) is 237 Å². The van der Waals surface area contributed by atoms with Crippen LogP contribution in [0.1, 0.15) is 389 Å². The molecule has 0 amide bonds. The molecule has 0 bridgehead atoms. The molecule has 17 nitrogen and oxygen atoms in total. The van der Waals surface area contributed by atoms with E-state index in [-0.39, 0.29) is 25.7 Å². The Labute approximate surface area is 581 Å².